The summed E-state index contributed by atoms with van der Waals surface area (Å²) in [6, 6.07) is 5.09. The molecule has 1 saturated carbocycles. The number of halogens is 1. The van der Waals surface area contributed by atoms with E-state index in [0.29, 0.717) is 13.0 Å². The highest BCUT2D eigenvalue weighted by atomic mass is 32.2. The smallest absolute Gasteiger partial charge is 0.181 e. The van der Waals surface area contributed by atoms with Crippen molar-refractivity contribution in [3.8, 4) is 0 Å². The minimum Gasteiger partial charge on any atom is -0.330 e. The van der Waals surface area contributed by atoms with Gasteiger partial charge in [0, 0.05) is 0 Å². The van der Waals surface area contributed by atoms with E-state index in [4.69, 9.17) is 5.73 Å². The molecule has 0 amide bonds. The molecule has 0 bridgehead atoms. The Hall–Kier alpha value is -0.940. The first kappa shape index (κ1) is 14.5. The largest absolute Gasteiger partial charge is 0.330 e. The summed E-state index contributed by atoms with van der Waals surface area (Å²) in [6.07, 6.45) is 4.54. The van der Waals surface area contributed by atoms with Crippen molar-refractivity contribution in [2.24, 2.45) is 11.7 Å². The fraction of sp³-hybridized carbons (Fsp3) is 0.571. The van der Waals surface area contributed by atoms with Crippen LogP contribution in [0.1, 0.15) is 32.1 Å². The maximum absolute atomic E-state index is 12.9. The SMILES string of the molecule is NCC1CCCCCC1S(=O)(=O)c1ccc(F)cc1. The third kappa shape index (κ3) is 3.15. The summed E-state index contributed by atoms with van der Waals surface area (Å²) in [7, 11) is -3.41. The molecule has 2 N–H and O–H groups in total. The first-order valence-electron chi connectivity index (χ1n) is 6.75. The van der Waals surface area contributed by atoms with Crippen molar-refractivity contribution in [2.45, 2.75) is 42.2 Å². The zero-order chi connectivity index (χ0) is 13.9. The monoisotopic (exact) mass is 285 g/mol. The number of benzene rings is 1. The number of rotatable bonds is 3. The van der Waals surface area contributed by atoms with Crippen molar-refractivity contribution in [1.29, 1.82) is 0 Å². The van der Waals surface area contributed by atoms with E-state index < -0.39 is 20.9 Å². The molecular formula is C14H20FNO2S. The first-order chi connectivity index (χ1) is 9.05. The summed E-state index contributed by atoms with van der Waals surface area (Å²) in [6.45, 7) is 0.394. The maximum atomic E-state index is 12.9. The highest BCUT2D eigenvalue weighted by Crippen LogP contribution is 2.31. The average Bonchev–Trinajstić information content (AvgIpc) is 2.64. The molecule has 0 heterocycles. The topological polar surface area (TPSA) is 60.2 Å². The van der Waals surface area contributed by atoms with Crippen molar-refractivity contribution >= 4 is 9.84 Å². The van der Waals surface area contributed by atoms with Crippen LogP contribution < -0.4 is 5.73 Å². The summed E-state index contributed by atoms with van der Waals surface area (Å²) < 4.78 is 38.2. The van der Waals surface area contributed by atoms with Gasteiger partial charge in [-0.15, -0.1) is 0 Å². The van der Waals surface area contributed by atoms with Gasteiger partial charge in [-0.25, -0.2) is 12.8 Å². The standard InChI is InChI=1S/C14H20FNO2S/c15-12-6-8-13(9-7-12)19(17,18)14-5-3-1-2-4-11(14)10-16/h6-9,11,14H,1-5,10,16H2. The predicted molar refractivity (Wildman–Crippen MR) is 73.0 cm³/mol. The zero-order valence-corrected chi connectivity index (χ0v) is 11.7. The molecule has 106 valence electrons. The number of hydrogen-bond acceptors (Lipinski definition) is 3. The lowest BCUT2D eigenvalue weighted by Crippen LogP contribution is -2.34. The van der Waals surface area contributed by atoms with Crippen LogP contribution in [-0.2, 0) is 9.84 Å². The van der Waals surface area contributed by atoms with E-state index in [1.165, 1.54) is 24.3 Å². The van der Waals surface area contributed by atoms with E-state index in [0.717, 1.165) is 25.7 Å². The van der Waals surface area contributed by atoms with Gasteiger partial charge in [-0.3, -0.25) is 0 Å². The molecule has 0 radical (unpaired) electrons. The van der Waals surface area contributed by atoms with Gasteiger partial charge >= 0.3 is 0 Å². The van der Waals surface area contributed by atoms with Crippen LogP contribution in [0.15, 0.2) is 29.2 Å². The fourth-order valence-electron chi connectivity index (χ4n) is 2.83. The lowest BCUT2D eigenvalue weighted by molar-refractivity contribution is 0.456. The molecule has 5 heteroatoms. The first-order valence-corrected chi connectivity index (χ1v) is 8.30. The van der Waals surface area contributed by atoms with Crippen LogP contribution in [0, 0.1) is 11.7 Å². The number of hydrogen-bond donors (Lipinski definition) is 1. The van der Waals surface area contributed by atoms with Crippen LogP contribution in [0.4, 0.5) is 4.39 Å². The average molecular weight is 285 g/mol. The molecular weight excluding hydrogens is 265 g/mol. The molecule has 2 atom stereocenters. The second kappa shape index (κ2) is 6.01. The van der Waals surface area contributed by atoms with E-state index >= 15 is 0 Å². The lowest BCUT2D eigenvalue weighted by Gasteiger charge is -2.23. The van der Waals surface area contributed by atoms with Gasteiger partial charge in [-0.05, 0) is 49.6 Å². The van der Waals surface area contributed by atoms with Gasteiger partial charge in [0.2, 0.25) is 0 Å². The number of sulfone groups is 1. The molecule has 19 heavy (non-hydrogen) atoms. The third-order valence-corrected chi connectivity index (χ3v) is 6.28. The number of nitrogens with two attached hydrogens (primary N) is 1. The summed E-state index contributed by atoms with van der Waals surface area (Å²) in [5, 5.41) is -0.425. The van der Waals surface area contributed by atoms with E-state index in [-0.39, 0.29) is 10.8 Å². The molecule has 0 aromatic heterocycles. The fourth-order valence-corrected chi connectivity index (χ4v) is 4.92. The quantitative estimate of drug-likeness (QED) is 0.685. The van der Waals surface area contributed by atoms with Crippen molar-refractivity contribution in [3.05, 3.63) is 30.1 Å². The molecule has 1 aliphatic carbocycles. The van der Waals surface area contributed by atoms with Crippen molar-refractivity contribution in [1.82, 2.24) is 0 Å². The minimum absolute atomic E-state index is 0.0116. The van der Waals surface area contributed by atoms with E-state index in [9.17, 15) is 12.8 Å². The molecule has 0 aliphatic heterocycles. The molecule has 1 fully saturated rings. The molecule has 0 saturated heterocycles. The zero-order valence-electron chi connectivity index (χ0n) is 10.9. The molecule has 1 aromatic carbocycles. The lowest BCUT2D eigenvalue weighted by atomic mass is 10.0. The van der Waals surface area contributed by atoms with Crippen molar-refractivity contribution < 1.29 is 12.8 Å². The van der Waals surface area contributed by atoms with Crippen LogP contribution in [0.25, 0.3) is 0 Å². The summed E-state index contributed by atoms with van der Waals surface area (Å²) >= 11 is 0. The Morgan fingerprint density at radius 1 is 1.11 bits per heavy atom. The van der Waals surface area contributed by atoms with Crippen LogP contribution in [0.3, 0.4) is 0 Å². The Bertz CT molecular complexity index is 513. The molecule has 0 spiro atoms. The second-order valence-corrected chi connectivity index (χ2v) is 7.34. The molecule has 2 unspecified atom stereocenters. The normalized spacial score (nSPS) is 24.9. The van der Waals surface area contributed by atoms with Gasteiger partial charge in [0.25, 0.3) is 0 Å². The highest BCUT2D eigenvalue weighted by molar-refractivity contribution is 7.92. The Balaban J connectivity index is 2.33. The van der Waals surface area contributed by atoms with Crippen LogP contribution in [0.5, 0.6) is 0 Å². The van der Waals surface area contributed by atoms with Crippen LogP contribution in [-0.4, -0.2) is 20.2 Å². The molecule has 1 aromatic rings. The van der Waals surface area contributed by atoms with E-state index in [2.05, 4.69) is 0 Å². The van der Waals surface area contributed by atoms with Gasteiger partial charge in [0.15, 0.2) is 9.84 Å². The van der Waals surface area contributed by atoms with Gasteiger partial charge in [0.05, 0.1) is 10.1 Å². The van der Waals surface area contributed by atoms with Gasteiger partial charge in [0.1, 0.15) is 5.82 Å². The Morgan fingerprint density at radius 3 is 2.37 bits per heavy atom. The Labute approximate surface area is 113 Å². The van der Waals surface area contributed by atoms with E-state index in [1.807, 2.05) is 0 Å². The summed E-state index contributed by atoms with van der Waals surface area (Å²) in [5.74, 6) is -0.409. The third-order valence-electron chi connectivity index (χ3n) is 3.93. The predicted octanol–water partition coefficient (Wildman–Crippen LogP) is 2.51. The Kier molecular flexibility index (Phi) is 4.58. The van der Waals surface area contributed by atoms with Gasteiger partial charge in [-0.1, -0.05) is 19.3 Å². The van der Waals surface area contributed by atoms with Crippen molar-refractivity contribution in [2.75, 3.05) is 6.54 Å². The maximum Gasteiger partial charge on any atom is 0.181 e. The van der Waals surface area contributed by atoms with Crippen LogP contribution in [0.2, 0.25) is 0 Å². The molecule has 1 aliphatic rings. The van der Waals surface area contributed by atoms with Gasteiger partial charge in [-0.2, -0.15) is 0 Å². The van der Waals surface area contributed by atoms with Crippen molar-refractivity contribution in [3.63, 3.8) is 0 Å². The van der Waals surface area contributed by atoms with Crippen LogP contribution >= 0.6 is 0 Å². The van der Waals surface area contributed by atoms with Gasteiger partial charge < -0.3 is 5.73 Å². The highest BCUT2D eigenvalue weighted by Gasteiger charge is 2.34. The Morgan fingerprint density at radius 2 is 1.74 bits per heavy atom. The summed E-state index contributed by atoms with van der Waals surface area (Å²) in [4.78, 5) is 0.208. The van der Waals surface area contributed by atoms with E-state index in [1.54, 1.807) is 0 Å². The second-order valence-electron chi connectivity index (χ2n) is 5.17. The minimum atomic E-state index is -3.41. The molecule has 3 nitrogen and oxygen atoms in total. The summed E-state index contributed by atoms with van der Waals surface area (Å²) in [5.41, 5.74) is 5.74. The molecule has 2 rings (SSSR count).